The van der Waals surface area contributed by atoms with Gasteiger partial charge in [-0.3, -0.25) is 0 Å². The summed E-state index contributed by atoms with van der Waals surface area (Å²) >= 11 is 0. The summed E-state index contributed by atoms with van der Waals surface area (Å²) in [7, 11) is 0. The van der Waals surface area contributed by atoms with Gasteiger partial charge in [-0.2, -0.15) is 0 Å². The summed E-state index contributed by atoms with van der Waals surface area (Å²) in [6.45, 7) is 2.18. The minimum atomic E-state index is -0.974. The summed E-state index contributed by atoms with van der Waals surface area (Å²) in [6.07, 6.45) is 0.334. The molecule has 66 valence electrons. The number of aliphatic hydroxyl groups is 1. The van der Waals surface area contributed by atoms with Crippen LogP contribution in [-0.2, 0) is 4.74 Å². The molecule has 0 radical (unpaired) electrons. The quantitative estimate of drug-likeness (QED) is 0.662. The van der Waals surface area contributed by atoms with E-state index in [1.807, 2.05) is 6.92 Å². The number of halogens is 1. The number of hydrogen-bond acceptors (Lipinski definition) is 2. The normalized spacial score (nSPS) is 39.0. The van der Waals surface area contributed by atoms with Gasteiger partial charge < -0.3 is 9.84 Å². The van der Waals surface area contributed by atoms with Crippen LogP contribution < -0.4 is 0 Å². The molecule has 1 aliphatic rings. The van der Waals surface area contributed by atoms with E-state index in [1.54, 1.807) is 0 Å². The van der Waals surface area contributed by atoms with Crippen molar-refractivity contribution in [2.45, 2.75) is 44.6 Å². The van der Waals surface area contributed by atoms with Gasteiger partial charge >= 0.3 is 0 Å². The predicted molar refractivity (Wildman–Crippen MR) is 40.2 cm³/mol. The lowest BCUT2D eigenvalue weighted by Crippen LogP contribution is -2.39. The summed E-state index contributed by atoms with van der Waals surface area (Å²) in [5.74, 6) is 0. The Hall–Kier alpha value is -0.150. The number of aliphatic hydroxyl groups excluding tert-OH is 1. The lowest BCUT2D eigenvalue weighted by atomic mass is 10.0. The van der Waals surface area contributed by atoms with E-state index < -0.39 is 12.3 Å². The van der Waals surface area contributed by atoms with Crippen LogP contribution in [0.4, 0.5) is 4.39 Å². The van der Waals surface area contributed by atoms with E-state index in [9.17, 15) is 9.50 Å². The van der Waals surface area contributed by atoms with Crippen LogP contribution in [0.25, 0.3) is 0 Å². The predicted octanol–water partition coefficient (Wildman–Crippen LogP) is 1.27. The summed E-state index contributed by atoms with van der Waals surface area (Å²) < 4.78 is 17.7. The van der Waals surface area contributed by atoms with Gasteiger partial charge in [-0.05, 0) is 6.42 Å². The van der Waals surface area contributed by atoms with Gasteiger partial charge in [0, 0.05) is 6.42 Å². The summed E-state index contributed by atoms with van der Waals surface area (Å²) in [4.78, 5) is 0. The van der Waals surface area contributed by atoms with Crippen molar-refractivity contribution in [3.05, 3.63) is 0 Å². The first-order chi connectivity index (χ1) is 5.24. The third-order valence-corrected chi connectivity index (χ3v) is 1.99. The van der Waals surface area contributed by atoms with Crippen molar-refractivity contribution in [2.24, 2.45) is 0 Å². The molecule has 1 fully saturated rings. The van der Waals surface area contributed by atoms with Gasteiger partial charge in [-0.15, -0.1) is 0 Å². The second-order valence-corrected chi connectivity index (χ2v) is 3.06. The van der Waals surface area contributed by atoms with E-state index in [2.05, 4.69) is 0 Å². The van der Waals surface area contributed by atoms with Gasteiger partial charge in [0.25, 0.3) is 0 Å². The first-order valence-electron chi connectivity index (χ1n) is 4.17. The SMILES string of the molecule is CCCC1OCC(F)CC1O. The van der Waals surface area contributed by atoms with Gasteiger partial charge in [-0.1, -0.05) is 13.3 Å². The van der Waals surface area contributed by atoms with Crippen LogP contribution in [0.5, 0.6) is 0 Å². The topological polar surface area (TPSA) is 29.5 Å². The molecule has 1 N–H and O–H groups in total. The van der Waals surface area contributed by atoms with E-state index in [0.29, 0.717) is 0 Å². The molecule has 3 atom stereocenters. The Kier molecular flexibility index (Phi) is 3.27. The molecule has 0 saturated carbocycles. The van der Waals surface area contributed by atoms with Gasteiger partial charge in [-0.25, -0.2) is 4.39 Å². The minimum absolute atomic E-state index is 0.132. The van der Waals surface area contributed by atoms with Crippen LogP contribution in [0.3, 0.4) is 0 Å². The zero-order chi connectivity index (χ0) is 8.27. The van der Waals surface area contributed by atoms with Crippen LogP contribution in [0.1, 0.15) is 26.2 Å². The molecule has 0 aromatic rings. The molecule has 0 aromatic carbocycles. The van der Waals surface area contributed by atoms with Crippen LogP contribution in [0, 0.1) is 0 Å². The van der Waals surface area contributed by atoms with E-state index in [4.69, 9.17) is 4.74 Å². The van der Waals surface area contributed by atoms with Crippen LogP contribution in [-0.4, -0.2) is 30.1 Å². The maximum absolute atomic E-state index is 12.6. The highest BCUT2D eigenvalue weighted by Gasteiger charge is 2.28. The van der Waals surface area contributed by atoms with Crippen LogP contribution >= 0.6 is 0 Å². The lowest BCUT2D eigenvalue weighted by molar-refractivity contribution is -0.106. The number of alkyl halides is 1. The molecule has 0 aliphatic carbocycles. The van der Waals surface area contributed by atoms with E-state index >= 15 is 0 Å². The number of rotatable bonds is 2. The Labute approximate surface area is 66.4 Å². The average molecular weight is 162 g/mol. The molecule has 0 amide bonds. The maximum atomic E-state index is 12.6. The molecule has 3 heteroatoms. The largest absolute Gasteiger partial charge is 0.390 e. The molecule has 1 rings (SSSR count). The Morgan fingerprint density at radius 2 is 2.36 bits per heavy atom. The summed E-state index contributed by atoms with van der Waals surface area (Å²) in [5.41, 5.74) is 0. The number of ether oxygens (including phenoxy) is 1. The summed E-state index contributed by atoms with van der Waals surface area (Å²) in [5, 5.41) is 9.31. The van der Waals surface area contributed by atoms with Gasteiger partial charge in [0.2, 0.25) is 0 Å². The van der Waals surface area contributed by atoms with Crippen molar-refractivity contribution in [2.75, 3.05) is 6.61 Å². The molecule has 2 nitrogen and oxygen atoms in total. The number of hydrogen-bond donors (Lipinski definition) is 1. The lowest BCUT2D eigenvalue weighted by Gasteiger charge is -2.29. The first kappa shape index (κ1) is 8.94. The highest BCUT2D eigenvalue weighted by molar-refractivity contribution is 4.77. The van der Waals surface area contributed by atoms with Crippen LogP contribution in [0.2, 0.25) is 0 Å². The zero-order valence-corrected chi connectivity index (χ0v) is 6.79. The smallest absolute Gasteiger partial charge is 0.126 e. The molecule has 1 aliphatic heterocycles. The van der Waals surface area contributed by atoms with Crippen molar-refractivity contribution < 1.29 is 14.2 Å². The van der Waals surface area contributed by atoms with Gasteiger partial charge in [0.1, 0.15) is 6.17 Å². The van der Waals surface area contributed by atoms with Gasteiger partial charge in [0.05, 0.1) is 18.8 Å². The van der Waals surface area contributed by atoms with Crippen molar-refractivity contribution in [1.29, 1.82) is 0 Å². The highest BCUT2D eigenvalue weighted by Crippen LogP contribution is 2.19. The molecular formula is C8H15FO2. The highest BCUT2D eigenvalue weighted by atomic mass is 19.1. The van der Waals surface area contributed by atoms with E-state index in [1.165, 1.54) is 0 Å². The van der Waals surface area contributed by atoms with Crippen molar-refractivity contribution in [1.82, 2.24) is 0 Å². The second kappa shape index (κ2) is 4.02. The molecule has 3 unspecified atom stereocenters. The summed E-state index contributed by atoms with van der Waals surface area (Å²) in [6, 6.07) is 0. The van der Waals surface area contributed by atoms with Gasteiger partial charge in [0.15, 0.2) is 0 Å². The van der Waals surface area contributed by atoms with Crippen molar-refractivity contribution >= 4 is 0 Å². The fourth-order valence-corrected chi connectivity index (χ4v) is 1.38. The van der Waals surface area contributed by atoms with Crippen LogP contribution in [0.15, 0.2) is 0 Å². The molecule has 11 heavy (non-hydrogen) atoms. The van der Waals surface area contributed by atoms with Crippen molar-refractivity contribution in [3.8, 4) is 0 Å². The molecule has 1 heterocycles. The van der Waals surface area contributed by atoms with E-state index in [-0.39, 0.29) is 19.1 Å². The standard InChI is InChI=1S/C8H15FO2/c1-2-3-8-7(10)4-6(9)5-11-8/h6-8,10H,2-5H2,1H3. The Bertz CT molecular complexity index is 119. The van der Waals surface area contributed by atoms with Crippen molar-refractivity contribution in [3.63, 3.8) is 0 Å². The molecular weight excluding hydrogens is 147 g/mol. The Balaban J connectivity index is 2.31. The Morgan fingerprint density at radius 3 is 2.91 bits per heavy atom. The Morgan fingerprint density at radius 1 is 1.64 bits per heavy atom. The fraction of sp³-hybridized carbons (Fsp3) is 1.00. The molecule has 1 saturated heterocycles. The van der Waals surface area contributed by atoms with E-state index in [0.717, 1.165) is 12.8 Å². The molecule has 0 bridgehead atoms. The fourth-order valence-electron chi connectivity index (χ4n) is 1.38. The first-order valence-corrected chi connectivity index (χ1v) is 4.17. The molecule has 0 spiro atoms. The minimum Gasteiger partial charge on any atom is -0.390 e. The zero-order valence-electron chi connectivity index (χ0n) is 6.79. The maximum Gasteiger partial charge on any atom is 0.126 e. The average Bonchev–Trinajstić information content (AvgIpc) is 1.95. The third-order valence-electron chi connectivity index (χ3n) is 1.99. The monoisotopic (exact) mass is 162 g/mol. The third kappa shape index (κ3) is 2.42. The molecule has 0 aromatic heterocycles. The second-order valence-electron chi connectivity index (χ2n) is 3.06.